The molecule has 1 fully saturated rings. The van der Waals surface area contributed by atoms with Crippen LogP contribution in [0, 0.1) is 5.92 Å². The zero-order valence-corrected chi connectivity index (χ0v) is 19.6. The third kappa shape index (κ3) is 4.67. The first-order valence-corrected chi connectivity index (χ1v) is 11.8. The zero-order chi connectivity index (χ0) is 23.2. The van der Waals surface area contributed by atoms with E-state index >= 15 is 0 Å². The summed E-state index contributed by atoms with van der Waals surface area (Å²) in [6, 6.07) is 16.3. The first-order chi connectivity index (χ1) is 15.8. The fraction of sp³-hybridized carbons (Fsp3) is 0.407. The average Bonchev–Trinajstić information content (AvgIpc) is 3.55. The van der Waals surface area contributed by atoms with Gasteiger partial charge in [0.25, 0.3) is 0 Å². The molecule has 1 saturated carbocycles. The van der Waals surface area contributed by atoms with E-state index in [2.05, 4.69) is 40.3 Å². The third-order valence-corrected chi connectivity index (χ3v) is 6.76. The molecule has 1 aliphatic heterocycles. The van der Waals surface area contributed by atoms with E-state index in [-0.39, 0.29) is 5.91 Å². The SMILES string of the molecule is CC(=O)N1CCc2c(c(Nc3ccc(-c4cccc(C(C)(C)O)c4)cc3)nn2CC2CC2)C1. The van der Waals surface area contributed by atoms with E-state index in [0.29, 0.717) is 6.54 Å². The molecule has 0 radical (unpaired) electrons. The average molecular weight is 445 g/mol. The Labute approximate surface area is 195 Å². The van der Waals surface area contributed by atoms with E-state index in [1.54, 1.807) is 20.8 Å². The van der Waals surface area contributed by atoms with Crippen LogP contribution in [-0.4, -0.2) is 32.2 Å². The van der Waals surface area contributed by atoms with Gasteiger partial charge in [-0.1, -0.05) is 30.3 Å². The van der Waals surface area contributed by atoms with E-state index < -0.39 is 5.60 Å². The standard InChI is InChI=1S/C27H32N4O2/c1-18(32)30-14-13-25-24(17-30)26(29-31(25)16-19-7-8-19)28-23-11-9-20(10-12-23)21-5-4-6-22(15-21)27(2,3)33/h4-6,9-12,15,19,33H,7-8,13-14,16-17H2,1-3H3,(H,28,29). The van der Waals surface area contributed by atoms with Crippen LogP contribution in [0.4, 0.5) is 11.5 Å². The molecule has 5 rings (SSSR count). The van der Waals surface area contributed by atoms with Crippen molar-refractivity contribution in [3.63, 3.8) is 0 Å². The maximum absolute atomic E-state index is 12.0. The molecule has 172 valence electrons. The van der Waals surface area contributed by atoms with Gasteiger partial charge in [0, 0.05) is 43.4 Å². The molecule has 0 unspecified atom stereocenters. The maximum atomic E-state index is 12.0. The minimum atomic E-state index is -0.871. The summed E-state index contributed by atoms with van der Waals surface area (Å²) >= 11 is 0. The number of hydrogen-bond donors (Lipinski definition) is 2. The molecule has 2 aromatic carbocycles. The van der Waals surface area contributed by atoms with E-state index in [0.717, 1.165) is 59.2 Å². The van der Waals surface area contributed by atoms with Crippen LogP contribution < -0.4 is 5.32 Å². The summed E-state index contributed by atoms with van der Waals surface area (Å²) in [5.74, 6) is 1.71. The van der Waals surface area contributed by atoms with Gasteiger partial charge < -0.3 is 15.3 Å². The van der Waals surface area contributed by atoms with Crippen LogP contribution >= 0.6 is 0 Å². The number of rotatable bonds is 6. The first-order valence-electron chi connectivity index (χ1n) is 11.8. The van der Waals surface area contributed by atoms with E-state index in [1.807, 2.05) is 23.1 Å². The number of aromatic nitrogens is 2. The summed E-state index contributed by atoms with van der Waals surface area (Å²) in [4.78, 5) is 13.9. The Hall–Kier alpha value is -3.12. The molecule has 6 heteroatoms. The zero-order valence-electron chi connectivity index (χ0n) is 19.6. The van der Waals surface area contributed by atoms with Gasteiger partial charge in [0.1, 0.15) is 0 Å². The largest absolute Gasteiger partial charge is 0.386 e. The van der Waals surface area contributed by atoms with Gasteiger partial charge in [-0.05, 0) is 67.5 Å². The molecule has 1 amide bonds. The molecule has 0 saturated heterocycles. The number of nitrogens with one attached hydrogen (secondary N) is 1. The van der Waals surface area contributed by atoms with Gasteiger partial charge in [-0.2, -0.15) is 5.10 Å². The van der Waals surface area contributed by atoms with Crippen molar-refractivity contribution in [2.45, 2.75) is 58.7 Å². The molecular weight excluding hydrogens is 412 g/mol. The van der Waals surface area contributed by atoms with Crippen LogP contribution in [0.3, 0.4) is 0 Å². The maximum Gasteiger partial charge on any atom is 0.219 e. The fourth-order valence-electron chi connectivity index (χ4n) is 4.52. The Morgan fingerprint density at radius 1 is 1.15 bits per heavy atom. The van der Waals surface area contributed by atoms with Crippen molar-refractivity contribution in [2.24, 2.45) is 5.92 Å². The van der Waals surface area contributed by atoms with Crippen LogP contribution in [0.2, 0.25) is 0 Å². The number of aliphatic hydroxyl groups is 1. The van der Waals surface area contributed by atoms with Crippen LogP contribution in [0.25, 0.3) is 11.1 Å². The van der Waals surface area contributed by atoms with Gasteiger partial charge in [0.15, 0.2) is 5.82 Å². The Bertz CT molecular complexity index is 1170. The predicted molar refractivity (Wildman–Crippen MR) is 130 cm³/mol. The lowest BCUT2D eigenvalue weighted by molar-refractivity contribution is -0.129. The molecule has 0 spiro atoms. The second-order valence-corrected chi connectivity index (χ2v) is 9.93. The summed E-state index contributed by atoms with van der Waals surface area (Å²) in [7, 11) is 0. The Morgan fingerprint density at radius 2 is 1.91 bits per heavy atom. The monoisotopic (exact) mass is 444 g/mol. The topological polar surface area (TPSA) is 70.4 Å². The third-order valence-electron chi connectivity index (χ3n) is 6.76. The van der Waals surface area contributed by atoms with Crippen molar-refractivity contribution in [1.82, 2.24) is 14.7 Å². The highest BCUT2D eigenvalue weighted by Gasteiger charge is 2.29. The summed E-state index contributed by atoms with van der Waals surface area (Å²) in [6.45, 7) is 7.58. The molecule has 2 aliphatic rings. The number of fused-ring (bicyclic) bond motifs is 1. The van der Waals surface area contributed by atoms with Crippen LogP contribution in [0.15, 0.2) is 48.5 Å². The number of anilines is 2. The number of hydrogen-bond acceptors (Lipinski definition) is 4. The molecule has 6 nitrogen and oxygen atoms in total. The van der Waals surface area contributed by atoms with Crippen molar-refractivity contribution < 1.29 is 9.90 Å². The summed E-state index contributed by atoms with van der Waals surface area (Å²) in [5.41, 5.74) is 5.56. The van der Waals surface area contributed by atoms with Gasteiger partial charge in [-0.15, -0.1) is 0 Å². The van der Waals surface area contributed by atoms with E-state index in [4.69, 9.17) is 5.10 Å². The van der Waals surface area contributed by atoms with Crippen LogP contribution in [0.5, 0.6) is 0 Å². The molecule has 2 N–H and O–H groups in total. The first kappa shape index (κ1) is 21.7. The Balaban J connectivity index is 1.39. The summed E-state index contributed by atoms with van der Waals surface area (Å²) in [6.07, 6.45) is 3.42. The highest BCUT2D eigenvalue weighted by atomic mass is 16.3. The quantitative estimate of drug-likeness (QED) is 0.571. The lowest BCUT2D eigenvalue weighted by Crippen LogP contribution is -2.34. The second-order valence-electron chi connectivity index (χ2n) is 9.93. The Kier molecular flexibility index (Phi) is 5.49. The Morgan fingerprint density at radius 3 is 2.58 bits per heavy atom. The van der Waals surface area contributed by atoms with Gasteiger partial charge in [0.2, 0.25) is 5.91 Å². The van der Waals surface area contributed by atoms with Gasteiger partial charge in [0.05, 0.1) is 12.1 Å². The van der Waals surface area contributed by atoms with Crippen molar-refractivity contribution >= 4 is 17.4 Å². The van der Waals surface area contributed by atoms with Gasteiger partial charge >= 0.3 is 0 Å². The number of carbonyl (C=O) groups is 1. The van der Waals surface area contributed by atoms with Gasteiger partial charge in [-0.25, -0.2) is 0 Å². The van der Waals surface area contributed by atoms with Gasteiger partial charge in [-0.3, -0.25) is 9.48 Å². The number of nitrogens with zero attached hydrogens (tertiary/aromatic N) is 3. The smallest absolute Gasteiger partial charge is 0.219 e. The van der Waals surface area contributed by atoms with Crippen molar-refractivity contribution in [3.8, 4) is 11.1 Å². The minimum absolute atomic E-state index is 0.110. The molecule has 33 heavy (non-hydrogen) atoms. The van der Waals surface area contributed by atoms with Crippen molar-refractivity contribution in [1.29, 1.82) is 0 Å². The summed E-state index contributed by atoms with van der Waals surface area (Å²) < 4.78 is 2.17. The lowest BCUT2D eigenvalue weighted by Gasteiger charge is -2.26. The highest BCUT2D eigenvalue weighted by molar-refractivity contribution is 5.74. The van der Waals surface area contributed by atoms with Crippen LogP contribution in [0.1, 0.15) is 50.4 Å². The van der Waals surface area contributed by atoms with E-state index in [1.165, 1.54) is 18.5 Å². The molecule has 0 atom stereocenters. The number of carbonyl (C=O) groups excluding carboxylic acids is 1. The molecule has 2 heterocycles. The lowest BCUT2D eigenvalue weighted by atomic mass is 9.94. The predicted octanol–water partition coefficient (Wildman–Crippen LogP) is 4.84. The normalized spacial score (nSPS) is 15.9. The fourth-order valence-corrected chi connectivity index (χ4v) is 4.52. The highest BCUT2D eigenvalue weighted by Crippen LogP contribution is 2.35. The van der Waals surface area contributed by atoms with Crippen molar-refractivity contribution in [3.05, 3.63) is 65.4 Å². The van der Waals surface area contributed by atoms with Crippen LogP contribution in [-0.2, 0) is 29.9 Å². The summed E-state index contributed by atoms with van der Waals surface area (Å²) in [5, 5.41) is 18.8. The molecule has 0 bridgehead atoms. The number of amides is 1. The second kappa shape index (κ2) is 8.34. The van der Waals surface area contributed by atoms with E-state index in [9.17, 15) is 9.90 Å². The van der Waals surface area contributed by atoms with Crippen molar-refractivity contribution in [2.75, 3.05) is 11.9 Å². The molecule has 3 aromatic rings. The number of benzene rings is 2. The molecule has 1 aromatic heterocycles. The minimum Gasteiger partial charge on any atom is -0.386 e. The molecule has 1 aliphatic carbocycles. The molecular formula is C27H32N4O2.